The van der Waals surface area contributed by atoms with Crippen LogP contribution in [0.1, 0.15) is 0 Å². The molecule has 0 spiro atoms. The van der Waals surface area contributed by atoms with Gasteiger partial charge in [-0.2, -0.15) is 13.2 Å². The fourth-order valence-electron chi connectivity index (χ4n) is 0.530. The van der Waals surface area contributed by atoms with Crippen LogP contribution < -0.4 is 0 Å². The number of thioether (sulfide) groups is 1. The molecule has 1 aromatic rings. The molecule has 0 saturated heterocycles. The van der Waals surface area contributed by atoms with E-state index in [2.05, 4.69) is 9.97 Å². The molecule has 1 heterocycles. The Balaban J connectivity index is 2.51. The first-order valence-corrected chi connectivity index (χ1v) is 4.16. The second-order valence-electron chi connectivity index (χ2n) is 2.13. The van der Waals surface area contributed by atoms with E-state index in [0.29, 0.717) is 11.8 Å². The van der Waals surface area contributed by atoms with Gasteiger partial charge in [0.05, 0.1) is 18.1 Å². The molecule has 0 saturated carbocycles. The van der Waals surface area contributed by atoms with E-state index in [1.54, 1.807) is 0 Å². The van der Waals surface area contributed by atoms with Gasteiger partial charge < -0.3 is 5.11 Å². The van der Waals surface area contributed by atoms with E-state index in [1.807, 2.05) is 0 Å². The van der Waals surface area contributed by atoms with Crippen LogP contribution in [0.25, 0.3) is 0 Å². The molecule has 0 fully saturated rings. The zero-order chi connectivity index (χ0) is 9.90. The zero-order valence-electron chi connectivity index (χ0n) is 6.25. The van der Waals surface area contributed by atoms with Crippen LogP contribution in [0, 0.1) is 0 Å². The third-order valence-corrected chi connectivity index (χ3v) is 1.92. The van der Waals surface area contributed by atoms with Gasteiger partial charge >= 0.3 is 6.18 Å². The third-order valence-electron chi connectivity index (χ3n) is 0.979. The summed E-state index contributed by atoms with van der Waals surface area (Å²) in [6, 6.07) is 0. The van der Waals surface area contributed by atoms with Crippen LogP contribution in [0.5, 0.6) is 5.75 Å². The van der Waals surface area contributed by atoms with Crippen molar-refractivity contribution in [3.05, 3.63) is 12.4 Å². The highest BCUT2D eigenvalue weighted by molar-refractivity contribution is 7.99. The summed E-state index contributed by atoms with van der Waals surface area (Å²) >= 11 is 0.478. The van der Waals surface area contributed by atoms with Crippen molar-refractivity contribution in [2.24, 2.45) is 0 Å². The first-order chi connectivity index (χ1) is 5.97. The Morgan fingerprint density at radius 2 is 1.85 bits per heavy atom. The Morgan fingerprint density at radius 1 is 1.31 bits per heavy atom. The molecule has 0 aliphatic carbocycles. The minimum absolute atomic E-state index is 0.00451. The highest BCUT2D eigenvalue weighted by atomic mass is 32.2. The summed E-state index contributed by atoms with van der Waals surface area (Å²) in [6.45, 7) is 0. The standard InChI is InChI=1S/C6H5F3N2OS/c7-6(8,9)3-13-5-10-1-4(12)2-11-5/h1-2,12H,3H2. The lowest BCUT2D eigenvalue weighted by atomic mass is 10.6. The van der Waals surface area contributed by atoms with Crippen LogP contribution in [0.2, 0.25) is 0 Å². The van der Waals surface area contributed by atoms with Gasteiger partial charge in [-0.05, 0) is 0 Å². The first-order valence-electron chi connectivity index (χ1n) is 3.18. The van der Waals surface area contributed by atoms with Gasteiger partial charge in [0.15, 0.2) is 10.9 Å². The maximum atomic E-state index is 11.7. The Hall–Kier alpha value is -0.980. The Kier molecular flexibility index (Phi) is 2.97. The molecule has 13 heavy (non-hydrogen) atoms. The summed E-state index contributed by atoms with van der Waals surface area (Å²) in [6.07, 6.45) is -2.14. The van der Waals surface area contributed by atoms with Crippen molar-refractivity contribution in [3.63, 3.8) is 0 Å². The normalized spacial score (nSPS) is 11.6. The summed E-state index contributed by atoms with van der Waals surface area (Å²) in [4.78, 5) is 6.97. The van der Waals surface area contributed by atoms with Crippen LogP contribution in [0.4, 0.5) is 13.2 Å². The minimum Gasteiger partial charge on any atom is -0.505 e. The van der Waals surface area contributed by atoms with E-state index >= 15 is 0 Å². The van der Waals surface area contributed by atoms with Crippen molar-refractivity contribution >= 4 is 11.8 Å². The molecular formula is C6H5F3N2OS. The molecule has 0 unspecified atom stereocenters. The average molecular weight is 210 g/mol. The predicted molar refractivity (Wildman–Crippen MR) is 40.5 cm³/mol. The molecule has 1 aromatic heterocycles. The SMILES string of the molecule is Oc1cnc(SCC(F)(F)F)nc1. The van der Waals surface area contributed by atoms with Gasteiger partial charge in [0.1, 0.15) is 0 Å². The van der Waals surface area contributed by atoms with Crippen molar-refractivity contribution in [2.45, 2.75) is 11.3 Å². The molecule has 0 aliphatic rings. The molecule has 72 valence electrons. The minimum atomic E-state index is -4.23. The molecule has 1 rings (SSSR count). The molecule has 0 bridgehead atoms. The van der Waals surface area contributed by atoms with Crippen molar-refractivity contribution in [1.82, 2.24) is 9.97 Å². The molecule has 0 radical (unpaired) electrons. The van der Waals surface area contributed by atoms with Gasteiger partial charge in [-0.1, -0.05) is 11.8 Å². The summed E-state index contributed by atoms with van der Waals surface area (Å²) in [5.74, 6) is -1.20. The first kappa shape index (κ1) is 10.1. The van der Waals surface area contributed by atoms with E-state index in [9.17, 15) is 13.2 Å². The largest absolute Gasteiger partial charge is 0.505 e. The number of hydrogen-bond donors (Lipinski definition) is 1. The monoisotopic (exact) mass is 210 g/mol. The number of hydrogen-bond acceptors (Lipinski definition) is 4. The van der Waals surface area contributed by atoms with Crippen LogP contribution in [0.3, 0.4) is 0 Å². The van der Waals surface area contributed by atoms with E-state index in [-0.39, 0.29) is 10.9 Å². The zero-order valence-corrected chi connectivity index (χ0v) is 7.06. The molecule has 0 amide bonds. The van der Waals surface area contributed by atoms with Gasteiger partial charge in [0, 0.05) is 0 Å². The molecule has 0 aliphatic heterocycles. The smallest absolute Gasteiger partial charge is 0.398 e. The van der Waals surface area contributed by atoms with Crippen molar-refractivity contribution < 1.29 is 18.3 Å². The second kappa shape index (κ2) is 3.82. The highest BCUT2D eigenvalue weighted by Crippen LogP contribution is 2.24. The van der Waals surface area contributed by atoms with Crippen molar-refractivity contribution in [1.29, 1.82) is 0 Å². The maximum Gasteiger partial charge on any atom is 0.398 e. The third kappa shape index (κ3) is 3.97. The van der Waals surface area contributed by atoms with Crippen molar-refractivity contribution in [3.8, 4) is 5.75 Å². The van der Waals surface area contributed by atoms with E-state index < -0.39 is 11.9 Å². The van der Waals surface area contributed by atoms with Gasteiger partial charge in [-0.3, -0.25) is 0 Å². The summed E-state index contributed by atoms with van der Waals surface area (Å²) in [7, 11) is 0. The number of rotatable bonds is 2. The lowest BCUT2D eigenvalue weighted by molar-refractivity contribution is -0.105. The van der Waals surface area contributed by atoms with Crippen LogP contribution >= 0.6 is 11.8 Å². The number of alkyl halides is 3. The van der Waals surface area contributed by atoms with Crippen molar-refractivity contribution in [2.75, 3.05) is 5.75 Å². The van der Waals surface area contributed by atoms with Gasteiger partial charge in [-0.25, -0.2) is 9.97 Å². The number of halogens is 3. The number of nitrogens with zero attached hydrogens (tertiary/aromatic N) is 2. The number of aromatic hydroxyl groups is 1. The maximum absolute atomic E-state index is 11.7. The molecule has 7 heteroatoms. The molecule has 0 aromatic carbocycles. The molecule has 3 nitrogen and oxygen atoms in total. The summed E-state index contributed by atoms with van der Waals surface area (Å²) in [5.41, 5.74) is 0. The number of aromatic nitrogens is 2. The van der Waals surface area contributed by atoms with Gasteiger partial charge in [0.25, 0.3) is 0 Å². The Labute approximate surface area is 76.0 Å². The molecular weight excluding hydrogens is 205 g/mol. The average Bonchev–Trinajstić information content (AvgIpc) is 2.02. The quantitative estimate of drug-likeness (QED) is 0.597. The van der Waals surface area contributed by atoms with E-state index in [0.717, 1.165) is 12.4 Å². The summed E-state index contributed by atoms with van der Waals surface area (Å²) < 4.78 is 35.1. The van der Waals surface area contributed by atoms with Crippen LogP contribution in [-0.4, -0.2) is 27.0 Å². The topological polar surface area (TPSA) is 46.0 Å². The fraction of sp³-hybridized carbons (Fsp3) is 0.333. The van der Waals surface area contributed by atoms with Crippen LogP contribution in [-0.2, 0) is 0 Å². The van der Waals surface area contributed by atoms with E-state index in [1.165, 1.54) is 0 Å². The van der Waals surface area contributed by atoms with Gasteiger partial charge in [0.2, 0.25) is 0 Å². The highest BCUT2D eigenvalue weighted by Gasteiger charge is 2.27. The summed E-state index contributed by atoms with van der Waals surface area (Å²) in [5, 5.41) is 8.72. The fourth-order valence-corrected chi connectivity index (χ4v) is 1.08. The second-order valence-corrected chi connectivity index (χ2v) is 3.07. The molecule has 0 atom stereocenters. The van der Waals surface area contributed by atoms with E-state index in [4.69, 9.17) is 5.11 Å². The Bertz CT molecular complexity index is 274. The lowest BCUT2D eigenvalue weighted by Gasteiger charge is -2.03. The Morgan fingerprint density at radius 3 is 2.31 bits per heavy atom. The van der Waals surface area contributed by atoms with Gasteiger partial charge in [-0.15, -0.1) is 0 Å². The predicted octanol–water partition coefficient (Wildman–Crippen LogP) is 1.84. The van der Waals surface area contributed by atoms with Crippen LogP contribution in [0.15, 0.2) is 17.6 Å². The lowest BCUT2D eigenvalue weighted by Crippen LogP contribution is -2.10. The molecule has 1 N–H and O–H groups in total.